The molecule has 0 radical (unpaired) electrons. The van der Waals surface area contributed by atoms with Gasteiger partial charge in [-0.2, -0.15) is 0 Å². The van der Waals surface area contributed by atoms with Gasteiger partial charge in [0.2, 0.25) is 5.91 Å². The van der Waals surface area contributed by atoms with E-state index in [0.717, 1.165) is 5.56 Å². The molecule has 0 saturated heterocycles. The first-order chi connectivity index (χ1) is 13.5. The summed E-state index contributed by atoms with van der Waals surface area (Å²) in [6.07, 6.45) is 0.533. The average molecular weight is 422 g/mol. The van der Waals surface area contributed by atoms with Crippen LogP contribution >= 0.6 is 22.9 Å². The molecule has 148 valence electrons. The molecule has 0 spiro atoms. The number of nitrogens with zero attached hydrogens (tertiary/aromatic N) is 2. The first-order valence-electron chi connectivity index (χ1n) is 8.72. The van der Waals surface area contributed by atoms with Crippen LogP contribution in [0.3, 0.4) is 0 Å². The van der Waals surface area contributed by atoms with Crippen LogP contribution in [0.25, 0.3) is 10.2 Å². The highest BCUT2D eigenvalue weighted by atomic mass is 35.5. The molecule has 28 heavy (non-hydrogen) atoms. The van der Waals surface area contributed by atoms with Gasteiger partial charge in [0.1, 0.15) is 11.2 Å². The lowest BCUT2D eigenvalue weighted by molar-refractivity contribution is -0.121. The molecule has 0 aliphatic heterocycles. The van der Waals surface area contributed by atoms with E-state index in [1.165, 1.54) is 20.5 Å². The SMILES string of the molecule is COCCCn1c(=O)c2sccc2n(CC(=O)NCc2ccc(Cl)cc2)c1=O. The fourth-order valence-electron chi connectivity index (χ4n) is 2.85. The number of carbonyl (C=O) groups is 1. The number of fused-ring (bicyclic) bond motifs is 1. The summed E-state index contributed by atoms with van der Waals surface area (Å²) >= 11 is 7.12. The number of ether oxygens (including phenoxy) is 1. The molecule has 0 atom stereocenters. The number of benzene rings is 1. The Morgan fingerprint density at radius 1 is 1.18 bits per heavy atom. The Bertz CT molecular complexity index is 1090. The molecule has 1 N–H and O–H groups in total. The van der Waals surface area contributed by atoms with Gasteiger partial charge in [0.15, 0.2) is 0 Å². The van der Waals surface area contributed by atoms with Crippen molar-refractivity contribution in [3.05, 3.63) is 67.1 Å². The number of aromatic nitrogens is 2. The Kier molecular flexibility index (Phi) is 6.66. The van der Waals surface area contributed by atoms with Gasteiger partial charge in [-0.05, 0) is 35.6 Å². The Balaban J connectivity index is 1.82. The van der Waals surface area contributed by atoms with Crippen molar-refractivity contribution < 1.29 is 9.53 Å². The Labute approximate surface area is 170 Å². The normalized spacial score (nSPS) is 11.1. The quantitative estimate of drug-likeness (QED) is 0.565. The van der Waals surface area contributed by atoms with Gasteiger partial charge in [-0.3, -0.25) is 18.7 Å². The second kappa shape index (κ2) is 9.18. The van der Waals surface area contributed by atoms with E-state index in [-0.39, 0.29) is 24.6 Å². The highest BCUT2D eigenvalue weighted by molar-refractivity contribution is 7.17. The number of methoxy groups -OCH3 is 1. The smallest absolute Gasteiger partial charge is 0.332 e. The number of rotatable bonds is 8. The molecule has 1 aromatic carbocycles. The minimum Gasteiger partial charge on any atom is -0.385 e. The number of nitrogens with one attached hydrogen (secondary N) is 1. The molecule has 3 rings (SSSR count). The van der Waals surface area contributed by atoms with Crippen LogP contribution < -0.4 is 16.6 Å². The molecule has 2 heterocycles. The zero-order valence-electron chi connectivity index (χ0n) is 15.3. The molecular formula is C19H20ClN3O4S. The second-order valence-electron chi connectivity index (χ2n) is 6.21. The van der Waals surface area contributed by atoms with Crippen molar-refractivity contribution in [2.45, 2.75) is 26.1 Å². The van der Waals surface area contributed by atoms with Gasteiger partial charge in [0.05, 0.1) is 5.52 Å². The summed E-state index contributed by atoms with van der Waals surface area (Å²) in [5, 5.41) is 5.16. The van der Waals surface area contributed by atoms with E-state index in [1.54, 1.807) is 30.7 Å². The monoisotopic (exact) mass is 421 g/mol. The molecule has 0 aliphatic rings. The molecule has 7 nitrogen and oxygen atoms in total. The molecule has 1 amide bonds. The number of hydrogen-bond donors (Lipinski definition) is 1. The molecule has 0 unspecified atom stereocenters. The fourth-order valence-corrected chi connectivity index (χ4v) is 3.82. The third-order valence-corrected chi connectivity index (χ3v) is 5.41. The third kappa shape index (κ3) is 4.52. The van der Waals surface area contributed by atoms with Crippen LogP contribution in [-0.4, -0.2) is 28.8 Å². The number of carbonyl (C=O) groups excluding carboxylic acids is 1. The minimum atomic E-state index is -0.492. The number of thiophene rings is 1. The molecule has 0 saturated carbocycles. The number of amides is 1. The van der Waals surface area contributed by atoms with Crippen LogP contribution in [0.4, 0.5) is 0 Å². The van der Waals surface area contributed by atoms with Crippen LogP contribution in [0.2, 0.25) is 5.02 Å². The van der Waals surface area contributed by atoms with Gasteiger partial charge in [-0.15, -0.1) is 11.3 Å². The molecule has 0 aliphatic carbocycles. The molecule has 3 aromatic rings. The second-order valence-corrected chi connectivity index (χ2v) is 7.56. The minimum absolute atomic E-state index is 0.162. The van der Waals surface area contributed by atoms with Crippen LogP contribution in [-0.2, 0) is 29.2 Å². The molecule has 2 aromatic heterocycles. The van der Waals surface area contributed by atoms with E-state index in [9.17, 15) is 14.4 Å². The van der Waals surface area contributed by atoms with Gasteiger partial charge in [0.25, 0.3) is 5.56 Å². The van der Waals surface area contributed by atoms with Gasteiger partial charge in [0, 0.05) is 31.8 Å². The lowest BCUT2D eigenvalue weighted by Crippen LogP contribution is -2.42. The summed E-state index contributed by atoms with van der Waals surface area (Å²) in [5.41, 5.74) is 0.553. The van der Waals surface area contributed by atoms with Crippen molar-refractivity contribution in [1.82, 2.24) is 14.5 Å². The number of hydrogen-bond acceptors (Lipinski definition) is 5. The lowest BCUT2D eigenvalue weighted by Gasteiger charge is -2.12. The van der Waals surface area contributed by atoms with Gasteiger partial charge in [-0.1, -0.05) is 23.7 Å². The Hall–Kier alpha value is -2.42. The van der Waals surface area contributed by atoms with Crippen LogP contribution in [0.5, 0.6) is 0 Å². The summed E-state index contributed by atoms with van der Waals surface area (Å²) in [5.74, 6) is -0.313. The fraction of sp³-hybridized carbons (Fsp3) is 0.316. The summed E-state index contributed by atoms with van der Waals surface area (Å²) in [6.45, 7) is 0.844. The summed E-state index contributed by atoms with van der Waals surface area (Å²) < 4.78 is 7.97. The first-order valence-corrected chi connectivity index (χ1v) is 9.98. The predicted octanol–water partition coefficient (Wildman–Crippen LogP) is 2.23. The van der Waals surface area contributed by atoms with Crippen LogP contribution in [0.1, 0.15) is 12.0 Å². The maximum absolute atomic E-state index is 12.8. The van der Waals surface area contributed by atoms with Crippen molar-refractivity contribution >= 4 is 39.1 Å². The highest BCUT2D eigenvalue weighted by Gasteiger charge is 2.16. The summed E-state index contributed by atoms with van der Waals surface area (Å²) in [6, 6.07) is 8.83. The van der Waals surface area contributed by atoms with E-state index in [2.05, 4.69) is 5.32 Å². The summed E-state index contributed by atoms with van der Waals surface area (Å²) in [4.78, 5) is 37.9. The molecular weight excluding hydrogens is 402 g/mol. The Morgan fingerprint density at radius 2 is 1.93 bits per heavy atom. The van der Waals surface area contributed by atoms with Crippen molar-refractivity contribution in [2.75, 3.05) is 13.7 Å². The van der Waals surface area contributed by atoms with E-state index >= 15 is 0 Å². The zero-order chi connectivity index (χ0) is 20.1. The van der Waals surface area contributed by atoms with Crippen molar-refractivity contribution in [3.8, 4) is 0 Å². The Morgan fingerprint density at radius 3 is 2.64 bits per heavy atom. The van der Waals surface area contributed by atoms with Crippen LogP contribution in [0.15, 0.2) is 45.3 Å². The predicted molar refractivity (Wildman–Crippen MR) is 110 cm³/mol. The third-order valence-electron chi connectivity index (χ3n) is 4.27. The van der Waals surface area contributed by atoms with Gasteiger partial charge in [-0.25, -0.2) is 4.79 Å². The van der Waals surface area contributed by atoms with Crippen LogP contribution in [0, 0.1) is 0 Å². The van der Waals surface area contributed by atoms with Gasteiger partial charge < -0.3 is 10.1 Å². The van der Waals surface area contributed by atoms with Crippen molar-refractivity contribution in [2.24, 2.45) is 0 Å². The van der Waals surface area contributed by atoms with E-state index in [4.69, 9.17) is 16.3 Å². The summed E-state index contributed by atoms with van der Waals surface area (Å²) in [7, 11) is 1.56. The number of halogens is 1. The molecule has 0 fully saturated rings. The first kappa shape index (κ1) is 20.3. The van der Waals surface area contributed by atoms with Crippen molar-refractivity contribution in [3.63, 3.8) is 0 Å². The highest BCUT2D eigenvalue weighted by Crippen LogP contribution is 2.15. The van der Waals surface area contributed by atoms with E-state index in [1.807, 2.05) is 12.1 Å². The standard InChI is InChI=1S/C19H20ClN3O4S/c1-27-9-2-8-22-18(25)17-15(7-10-28-17)23(19(22)26)12-16(24)21-11-13-3-5-14(20)6-4-13/h3-7,10H,2,8-9,11-12H2,1H3,(H,21,24). The van der Waals surface area contributed by atoms with Crippen molar-refractivity contribution in [1.29, 1.82) is 0 Å². The zero-order valence-corrected chi connectivity index (χ0v) is 16.9. The maximum Gasteiger partial charge on any atom is 0.332 e. The van der Waals surface area contributed by atoms with E-state index in [0.29, 0.717) is 34.8 Å². The van der Waals surface area contributed by atoms with E-state index < -0.39 is 5.69 Å². The average Bonchev–Trinajstić information content (AvgIpc) is 3.17. The maximum atomic E-state index is 12.8. The largest absolute Gasteiger partial charge is 0.385 e. The van der Waals surface area contributed by atoms with Gasteiger partial charge >= 0.3 is 5.69 Å². The topological polar surface area (TPSA) is 82.3 Å². The lowest BCUT2D eigenvalue weighted by atomic mass is 10.2. The molecule has 0 bridgehead atoms. The molecule has 9 heteroatoms.